The number of fused-ring (bicyclic) bond motifs is 1. The lowest BCUT2D eigenvalue weighted by molar-refractivity contribution is 0.497. The first-order valence-electron chi connectivity index (χ1n) is 7.67. The minimum absolute atomic E-state index is 0.634. The smallest absolute Gasteiger partial charge is 0.0527 e. The Balaban J connectivity index is 1.72. The van der Waals surface area contributed by atoms with E-state index >= 15 is 0 Å². The average molecular weight is 269 g/mol. The molecule has 106 valence electrons. The first-order chi connectivity index (χ1) is 9.88. The predicted octanol–water partition coefficient (Wildman–Crippen LogP) is 2.89. The Morgan fingerprint density at radius 1 is 1.25 bits per heavy atom. The summed E-state index contributed by atoms with van der Waals surface area (Å²) >= 11 is 0. The van der Waals surface area contributed by atoms with Crippen molar-refractivity contribution in [3.05, 3.63) is 53.3 Å². The summed E-state index contributed by atoms with van der Waals surface area (Å²) in [5.74, 6) is 0.634. The molecule has 3 heteroatoms. The molecule has 1 aromatic carbocycles. The molecule has 0 fully saturated rings. The third-order valence-electron chi connectivity index (χ3n) is 4.36. The van der Waals surface area contributed by atoms with Gasteiger partial charge >= 0.3 is 0 Å². The van der Waals surface area contributed by atoms with Crippen LogP contribution in [0.1, 0.15) is 42.0 Å². The molecule has 1 heterocycles. The molecule has 3 rings (SSSR count). The van der Waals surface area contributed by atoms with E-state index in [1.165, 1.54) is 36.1 Å². The highest BCUT2D eigenvalue weighted by atomic mass is 15.3. The third kappa shape index (κ3) is 2.78. The minimum Gasteiger partial charge on any atom is -0.330 e. The van der Waals surface area contributed by atoms with Crippen molar-refractivity contribution >= 4 is 0 Å². The maximum absolute atomic E-state index is 5.73. The van der Waals surface area contributed by atoms with Crippen LogP contribution in [0.15, 0.2) is 36.5 Å². The van der Waals surface area contributed by atoms with E-state index in [2.05, 4.69) is 46.3 Å². The number of hydrogen-bond donors (Lipinski definition) is 1. The standard InChI is InChI=1S/C17H23N3/c18-11-9-15-7-4-8-17-16(15)13-19-20(17)12-10-14-5-2-1-3-6-14/h1-3,5-6,13,15H,4,7-12,18H2. The summed E-state index contributed by atoms with van der Waals surface area (Å²) in [6, 6.07) is 10.6. The molecule has 0 aliphatic heterocycles. The van der Waals surface area contributed by atoms with Gasteiger partial charge in [-0.15, -0.1) is 0 Å². The van der Waals surface area contributed by atoms with Gasteiger partial charge in [-0.05, 0) is 55.7 Å². The van der Waals surface area contributed by atoms with Crippen LogP contribution in [0.2, 0.25) is 0 Å². The molecule has 3 nitrogen and oxygen atoms in total. The summed E-state index contributed by atoms with van der Waals surface area (Å²) in [5.41, 5.74) is 10.0. The van der Waals surface area contributed by atoms with Crippen LogP contribution in [-0.2, 0) is 19.4 Å². The zero-order valence-electron chi connectivity index (χ0n) is 12.0. The lowest BCUT2D eigenvalue weighted by Gasteiger charge is -2.22. The number of hydrogen-bond acceptors (Lipinski definition) is 2. The molecular weight excluding hydrogens is 246 g/mol. The fourth-order valence-corrected chi connectivity index (χ4v) is 3.28. The van der Waals surface area contributed by atoms with Gasteiger partial charge in [0.2, 0.25) is 0 Å². The van der Waals surface area contributed by atoms with Crippen LogP contribution < -0.4 is 5.73 Å². The first-order valence-corrected chi connectivity index (χ1v) is 7.67. The molecule has 0 saturated heterocycles. The van der Waals surface area contributed by atoms with E-state index in [0.29, 0.717) is 5.92 Å². The molecule has 1 unspecified atom stereocenters. The monoisotopic (exact) mass is 269 g/mol. The quantitative estimate of drug-likeness (QED) is 0.907. The molecule has 1 aliphatic carbocycles. The largest absolute Gasteiger partial charge is 0.330 e. The first kappa shape index (κ1) is 13.4. The van der Waals surface area contributed by atoms with Crippen LogP contribution in [0.4, 0.5) is 0 Å². The van der Waals surface area contributed by atoms with Crippen molar-refractivity contribution < 1.29 is 0 Å². The molecule has 1 atom stereocenters. The Morgan fingerprint density at radius 3 is 2.90 bits per heavy atom. The normalized spacial score (nSPS) is 17.9. The van der Waals surface area contributed by atoms with Crippen molar-refractivity contribution in [1.29, 1.82) is 0 Å². The molecule has 0 bridgehead atoms. The van der Waals surface area contributed by atoms with Gasteiger partial charge in [0.15, 0.2) is 0 Å². The predicted molar refractivity (Wildman–Crippen MR) is 81.7 cm³/mol. The molecule has 1 aromatic heterocycles. The van der Waals surface area contributed by atoms with Crippen LogP contribution in [0.25, 0.3) is 0 Å². The van der Waals surface area contributed by atoms with Crippen molar-refractivity contribution in [1.82, 2.24) is 9.78 Å². The van der Waals surface area contributed by atoms with Crippen LogP contribution in [0, 0.1) is 0 Å². The molecule has 2 aromatic rings. The van der Waals surface area contributed by atoms with E-state index in [1.54, 1.807) is 0 Å². The molecule has 0 amide bonds. The Labute approximate surface area is 120 Å². The summed E-state index contributed by atoms with van der Waals surface area (Å²) in [4.78, 5) is 0. The van der Waals surface area contributed by atoms with E-state index in [0.717, 1.165) is 25.9 Å². The highest BCUT2D eigenvalue weighted by Crippen LogP contribution is 2.33. The maximum atomic E-state index is 5.73. The fourth-order valence-electron chi connectivity index (χ4n) is 3.28. The Hall–Kier alpha value is -1.61. The topological polar surface area (TPSA) is 43.8 Å². The molecule has 0 saturated carbocycles. The van der Waals surface area contributed by atoms with Crippen LogP contribution in [-0.4, -0.2) is 16.3 Å². The number of aromatic nitrogens is 2. The van der Waals surface area contributed by atoms with E-state index in [1.807, 2.05) is 0 Å². The highest BCUT2D eigenvalue weighted by molar-refractivity contribution is 5.25. The van der Waals surface area contributed by atoms with E-state index in [9.17, 15) is 0 Å². The van der Waals surface area contributed by atoms with E-state index in [-0.39, 0.29) is 0 Å². The van der Waals surface area contributed by atoms with E-state index < -0.39 is 0 Å². The summed E-state index contributed by atoms with van der Waals surface area (Å²) in [7, 11) is 0. The van der Waals surface area contributed by atoms with Gasteiger partial charge in [-0.3, -0.25) is 4.68 Å². The molecule has 20 heavy (non-hydrogen) atoms. The van der Waals surface area contributed by atoms with Gasteiger partial charge in [-0.2, -0.15) is 5.10 Å². The van der Waals surface area contributed by atoms with Crippen molar-refractivity contribution in [2.75, 3.05) is 6.54 Å². The van der Waals surface area contributed by atoms with Gasteiger partial charge in [-0.25, -0.2) is 0 Å². The minimum atomic E-state index is 0.634. The summed E-state index contributed by atoms with van der Waals surface area (Å²) < 4.78 is 2.21. The van der Waals surface area contributed by atoms with Gasteiger partial charge in [0.05, 0.1) is 6.20 Å². The van der Waals surface area contributed by atoms with Crippen LogP contribution >= 0.6 is 0 Å². The van der Waals surface area contributed by atoms with E-state index in [4.69, 9.17) is 5.73 Å². The Morgan fingerprint density at radius 2 is 2.10 bits per heavy atom. The summed E-state index contributed by atoms with van der Waals surface area (Å²) in [6.07, 6.45) is 7.95. The van der Waals surface area contributed by atoms with Gasteiger partial charge in [0.25, 0.3) is 0 Å². The lowest BCUT2D eigenvalue weighted by atomic mass is 9.85. The Bertz CT molecular complexity index is 545. The zero-order valence-corrected chi connectivity index (χ0v) is 12.0. The van der Waals surface area contributed by atoms with Gasteiger partial charge in [0, 0.05) is 12.2 Å². The molecule has 0 spiro atoms. The number of rotatable bonds is 5. The summed E-state index contributed by atoms with van der Waals surface area (Å²) in [5, 5.41) is 4.62. The SMILES string of the molecule is NCCC1CCCc2c1cnn2CCc1ccccc1. The lowest BCUT2D eigenvalue weighted by Crippen LogP contribution is -2.16. The number of aryl methyl sites for hydroxylation is 2. The molecule has 0 radical (unpaired) electrons. The number of nitrogens with two attached hydrogens (primary N) is 1. The van der Waals surface area contributed by atoms with Crippen molar-refractivity contribution in [3.8, 4) is 0 Å². The molecule has 2 N–H and O–H groups in total. The third-order valence-corrected chi connectivity index (χ3v) is 4.36. The fraction of sp³-hybridized carbons (Fsp3) is 0.471. The highest BCUT2D eigenvalue weighted by Gasteiger charge is 2.23. The average Bonchev–Trinajstić information content (AvgIpc) is 2.91. The zero-order chi connectivity index (χ0) is 13.8. The Kier molecular flexibility index (Phi) is 4.16. The molecule has 1 aliphatic rings. The van der Waals surface area contributed by atoms with Crippen LogP contribution in [0.5, 0.6) is 0 Å². The van der Waals surface area contributed by atoms with Gasteiger partial charge in [-0.1, -0.05) is 30.3 Å². The second kappa shape index (κ2) is 6.23. The van der Waals surface area contributed by atoms with Crippen LogP contribution in [0.3, 0.4) is 0 Å². The number of benzene rings is 1. The second-order valence-electron chi connectivity index (χ2n) is 5.67. The van der Waals surface area contributed by atoms with Gasteiger partial charge < -0.3 is 5.73 Å². The second-order valence-corrected chi connectivity index (χ2v) is 5.67. The van der Waals surface area contributed by atoms with Gasteiger partial charge in [0.1, 0.15) is 0 Å². The van der Waals surface area contributed by atoms with Crippen molar-refractivity contribution in [2.45, 2.75) is 44.6 Å². The molecular formula is C17H23N3. The number of nitrogens with zero attached hydrogens (tertiary/aromatic N) is 2. The maximum Gasteiger partial charge on any atom is 0.0527 e. The summed E-state index contributed by atoms with van der Waals surface area (Å²) in [6.45, 7) is 1.76. The van der Waals surface area contributed by atoms with Crippen molar-refractivity contribution in [3.63, 3.8) is 0 Å². The van der Waals surface area contributed by atoms with Crippen molar-refractivity contribution in [2.24, 2.45) is 5.73 Å².